The lowest BCUT2D eigenvalue weighted by atomic mass is 9.99. The molecule has 0 bridgehead atoms. The molecule has 0 saturated carbocycles. The lowest BCUT2D eigenvalue weighted by molar-refractivity contribution is -0.131. The maximum atomic E-state index is 13.1. The highest BCUT2D eigenvalue weighted by Gasteiger charge is 2.51. The second-order valence-corrected chi connectivity index (χ2v) is 8.36. The van der Waals surface area contributed by atoms with Crippen molar-refractivity contribution in [3.05, 3.63) is 58.0 Å². The van der Waals surface area contributed by atoms with E-state index < -0.39 is 17.5 Å². The number of para-hydroxylation sites is 1. The van der Waals surface area contributed by atoms with Crippen molar-refractivity contribution in [2.24, 2.45) is 0 Å². The van der Waals surface area contributed by atoms with E-state index in [9.17, 15) is 19.2 Å². The molecule has 1 aliphatic heterocycles. The predicted octanol–water partition coefficient (Wildman–Crippen LogP) is 2.78. The summed E-state index contributed by atoms with van der Waals surface area (Å²) >= 11 is 1.22. The maximum absolute atomic E-state index is 13.1. The van der Waals surface area contributed by atoms with Crippen molar-refractivity contribution in [3.8, 4) is 0 Å². The lowest BCUT2D eigenvalue weighted by Crippen LogP contribution is -2.41. The molecular weight excluding hydrogens is 406 g/mol. The molecule has 1 aliphatic rings. The van der Waals surface area contributed by atoms with E-state index in [0.717, 1.165) is 15.2 Å². The molecule has 3 heterocycles. The monoisotopic (exact) mass is 425 g/mol. The summed E-state index contributed by atoms with van der Waals surface area (Å²) in [6.45, 7) is 2.92. The molecule has 4 amide bonds. The number of nitrogens with one attached hydrogen (secondary N) is 2. The Hall–Kier alpha value is -3.46. The number of urea groups is 1. The minimum Gasteiger partial charge on any atom is -0.458 e. The van der Waals surface area contributed by atoms with E-state index in [0.29, 0.717) is 22.8 Å². The Bertz CT molecular complexity index is 1150. The average molecular weight is 425 g/mol. The molecule has 0 aliphatic carbocycles. The molecule has 2 aromatic heterocycles. The number of benzene rings is 1. The molecule has 1 saturated heterocycles. The topological polar surface area (TPSA) is 109 Å². The van der Waals surface area contributed by atoms with Crippen LogP contribution in [0.1, 0.15) is 34.2 Å². The summed E-state index contributed by atoms with van der Waals surface area (Å²) in [6.07, 6.45) is 0. The molecular formula is C21H19N3O5S. The van der Waals surface area contributed by atoms with Gasteiger partial charge in [-0.3, -0.25) is 19.3 Å². The molecule has 2 N–H and O–H groups in total. The number of rotatable bonds is 6. The number of fused-ring (bicyclic) bond motifs is 1. The van der Waals surface area contributed by atoms with Crippen LogP contribution in [0.15, 0.2) is 46.9 Å². The number of carbonyl (C=O) groups is 4. The lowest BCUT2D eigenvalue weighted by Gasteiger charge is -2.18. The first-order chi connectivity index (χ1) is 14.3. The van der Waals surface area contributed by atoms with E-state index in [2.05, 4.69) is 10.6 Å². The van der Waals surface area contributed by atoms with Crippen molar-refractivity contribution in [1.82, 2.24) is 15.5 Å². The summed E-state index contributed by atoms with van der Waals surface area (Å²) in [7, 11) is 0. The van der Waals surface area contributed by atoms with Gasteiger partial charge in [0.15, 0.2) is 11.3 Å². The van der Waals surface area contributed by atoms with Crippen LogP contribution in [-0.2, 0) is 21.7 Å². The van der Waals surface area contributed by atoms with Gasteiger partial charge in [-0.1, -0.05) is 18.2 Å². The van der Waals surface area contributed by atoms with Crippen molar-refractivity contribution in [1.29, 1.82) is 0 Å². The average Bonchev–Trinajstić information content (AvgIpc) is 3.40. The minimum absolute atomic E-state index is 0.166. The third-order valence-corrected chi connectivity index (χ3v) is 6.07. The highest BCUT2D eigenvalue weighted by atomic mass is 32.1. The van der Waals surface area contributed by atoms with E-state index >= 15 is 0 Å². The second-order valence-electron chi connectivity index (χ2n) is 7.19. The number of imide groups is 1. The van der Waals surface area contributed by atoms with Crippen LogP contribution in [0, 0.1) is 0 Å². The molecule has 1 aromatic carbocycles. The molecule has 0 spiro atoms. The van der Waals surface area contributed by atoms with E-state index in [-0.39, 0.29) is 18.2 Å². The normalized spacial score (nSPS) is 18.7. The van der Waals surface area contributed by atoms with E-state index in [1.807, 2.05) is 18.2 Å². The quantitative estimate of drug-likeness (QED) is 0.466. The summed E-state index contributed by atoms with van der Waals surface area (Å²) in [6, 6.07) is 11.7. The summed E-state index contributed by atoms with van der Waals surface area (Å²) < 4.78 is 5.78. The zero-order valence-corrected chi connectivity index (χ0v) is 17.2. The zero-order chi connectivity index (χ0) is 21.5. The number of Topliss-reactive ketones (excluding diaryl/α,β-unsaturated/α-hetero) is 1. The largest absolute Gasteiger partial charge is 0.458 e. The van der Waals surface area contributed by atoms with Gasteiger partial charge >= 0.3 is 6.03 Å². The number of hydrogen-bond donors (Lipinski definition) is 2. The molecule has 154 valence electrons. The molecule has 8 nitrogen and oxygen atoms in total. The number of hydrogen-bond acceptors (Lipinski definition) is 6. The van der Waals surface area contributed by atoms with Crippen LogP contribution in [0.5, 0.6) is 0 Å². The van der Waals surface area contributed by atoms with Crippen molar-refractivity contribution >= 4 is 45.9 Å². The van der Waals surface area contributed by atoms with Gasteiger partial charge in [0.2, 0.25) is 5.91 Å². The highest BCUT2D eigenvalue weighted by molar-refractivity contribution is 7.14. The number of ketones is 1. The Morgan fingerprint density at radius 1 is 1.20 bits per heavy atom. The predicted molar refractivity (Wildman–Crippen MR) is 110 cm³/mol. The van der Waals surface area contributed by atoms with Gasteiger partial charge in [-0.25, -0.2) is 4.79 Å². The number of thiophene rings is 1. The van der Waals surface area contributed by atoms with Crippen molar-refractivity contribution in [2.45, 2.75) is 25.9 Å². The van der Waals surface area contributed by atoms with Gasteiger partial charge in [0.1, 0.15) is 11.3 Å². The molecule has 1 fully saturated rings. The summed E-state index contributed by atoms with van der Waals surface area (Å²) in [4.78, 5) is 51.3. The van der Waals surface area contributed by atoms with Gasteiger partial charge in [0.05, 0.1) is 18.0 Å². The zero-order valence-electron chi connectivity index (χ0n) is 16.4. The molecule has 30 heavy (non-hydrogen) atoms. The van der Waals surface area contributed by atoms with E-state index in [1.54, 1.807) is 31.2 Å². The Balaban J connectivity index is 1.51. The van der Waals surface area contributed by atoms with Crippen molar-refractivity contribution in [2.75, 3.05) is 6.54 Å². The molecule has 4 rings (SSSR count). The molecule has 9 heteroatoms. The molecule has 1 unspecified atom stereocenters. The van der Waals surface area contributed by atoms with Crippen LogP contribution in [0.2, 0.25) is 0 Å². The van der Waals surface area contributed by atoms with Gasteiger partial charge in [-0.15, -0.1) is 11.3 Å². The Morgan fingerprint density at radius 2 is 1.97 bits per heavy atom. The minimum atomic E-state index is -1.39. The number of furan rings is 1. The van der Waals surface area contributed by atoms with Crippen LogP contribution in [0.3, 0.4) is 0 Å². The SMILES string of the molecule is CC(=O)NCc1ccc(C(=O)CN2C(=O)NC(C)(c3cc4ccccc4o3)C2=O)s1. The standard InChI is InChI=1S/C21H19N3O5S/c1-12(25)22-10-14-7-8-17(30-14)15(26)11-24-19(27)21(2,23-20(24)28)18-9-13-5-3-4-6-16(13)29-18/h3-9H,10-11H2,1-2H3,(H,22,25)(H,23,28). The smallest absolute Gasteiger partial charge is 0.325 e. The van der Waals surface area contributed by atoms with Crippen LogP contribution in [0.25, 0.3) is 11.0 Å². The molecule has 1 atom stereocenters. The number of carbonyl (C=O) groups excluding carboxylic acids is 4. The van der Waals surface area contributed by atoms with Gasteiger partial charge < -0.3 is 15.1 Å². The van der Waals surface area contributed by atoms with E-state index in [1.165, 1.54) is 18.3 Å². The Labute approximate surface area is 175 Å². The van der Waals surface area contributed by atoms with Crippen LogP contribution in [-0.4, -0.2) is 35.1 Å². The first-order valence-corrected chi connectivity index (χ1v) is 10.1. The molecule has 3 aromatic rings. The van der Waals surface area contributed by atoms with Gasteiger partial charge in [0.25, 0.3) is 5.91 Å². The van der Waals surface area contributed by atoms with Crippen LogP contribution >= 0.6 is 11.3 Å². The van der Waals surface area contributed by atoms with Gasteiger partial charge in [0, 0.05) is 17.2 Å². The number of amides is 4. The third kappa shape index (κ3) is 3.48. The first kappa shape index (κ1) is 19.8. The van der Waals surface area contributed by atoms with Gasteiger partial charge in [-0.05, 0) is 31.2 Å². The summed E-state index contributed by atoms with van der Waals surface area (Å²) in [5.74, 6) is -0.757. The third-order valence-electron chi connectivity index (χ3n) is 4.94. The van der Waals surface area contributed by atoms with Gasteiger partial charge in [-0.2, -0.15) is 0 Å². The van der Waals surface area contributed by atoms with Crippen LogP contribution in [0.4, 0.5) is 4.79 Å². The Kier molecular flexibility index (Phi) is 4.90. The fraction of sp³-hybridized carbons (Fsp3) is 0.238. The van der Waals surface area contributed by atoms with Crippen molar-refractivity contribution in [3.63, 3.8) is 0 Å². The first-order valence-electron chi connectivity index (χ1n) is 9.27. The molecule has 0 radical (unpaired) electrons. The van der Waals surface area contributed by atoms with Crippen LogP contribution < -0.4 is 10.6 Å². The summed E-state index contributed by atoms with van der Waals surface area (Å²) in [5, 5.41) is 6.13. The van der Waals surface area contributed by atoms with E-state index in [4.69, 9.17) is 4.42 Å². The highest BCUT2D eigenvalue weighted by Crippen LogP contribution is 2.33. The fourth-order valence-electron chi connectivity index (χ4n) is 3.29. The number of nitrogens with zero attached hydrogens (tertiary/aromatic N) is 1. The summed E-state index contributed by atoms with van der Waals surface area (Å²) in [5.41, 5.74) is -0.779. The second kappa shape index (κ2) is 7.42. The Morgan fingerprint density at radius 3 is 2.70 bits per heavy atom. The van der Waals surface area contributed by atoms with Crippen molar-refractivity contribution < 1.29 is 23.6 Å². The maximum Gasteiger partial charge on any atom is 0.325 e. The fourth-order valence-corrected chi connectivity index (χ4v) is 4.17.